The van der Waals surface area contributed by atoms with Crippen LogP contribution in [0.4, 0.5) is 0 Å². The van der Waals surface area contributed by atoms with Gasteiger partial charge in [0.2, 0.25) is 0 Å². The highest BCUT2D eigenvalue weighted by Crippen LogP contribution is 2.32. The van der Waals surface area contributed by atoms with Gasteiger partial charge in [0.1, 0.15) is 11.2 Å². The van der Waals surface area contributed by atoms with Gasteiger partial charge in [-0.05, 0) is 42.1 Å². The van der Waals surface area contributed by atoms with Crippen LogP contribution in [-0.4, -0.2) is 34.8 Å². The minimum atomic E-state index is -0.212. The van der Waals surface area contributed by atoms with E-state index < -0.39 is 0 Å². The number of nitrogens with zero attached hydrogens (tertiary/aromatic N) is 5. The van der Waals surface area contributed by atoms with Gasteiger partial charge in [0.25, 0.3) is 5.56 Å². The molecule has 150 valence electrons. The van der Waals surface area contributed by atoms with Crippen molar-refractivity contribution in [2.24, 2.45) is 0 Å². The summed E-state index contributed by atoms with van der Waals surface area (Å²) in [6.07, 6.45) is 6.98. The Morgan fingerprint density at radius 3 is 2.90 bits per heavy atom. The van der Waals surface area contributed by atoms with Crippen LogP contribution in [0.5, 0.6) is 0 Å². The highest BCUT2D eigenvalue weighted by Gasteiger charge is 2.20. The number of aromatic amines is 2. The zero-order valence-corrected chi connectivity index (χ0v) is 16.4. The van der Waals surface area contributed by atoms with Gasteiger partial charge in [-0.25, -0.2) is 14.6 Å². The van der Waals surface area contributed by atoms with Crippen molar-refractivity contribution in [1.82, 2.24) is 34.8 Å². The molecule has 0 amide bonds. The van der Waals surface area contributed by atoms with Crippen LogP contribution in [0.2, 0.25) is 0 Å². The van der Waals surface area contributed by atoms with E-state index in [-0.39, 0.29) is 5.56 Å². The van der Waals surface area contributed by atoms with E-state index in [1.165, 1.54) is 4.68 Å². The summed E-state index contributed by atoms with van der Waals surface area (Å²) in [6.45, 7) is 2.03. The number of hydrogen-bond donors (Lipinski definition) is 3. The molecular weight excluding hydrogens is 392 g/mol. The lowest BCUT2D eigenvalue weighted by atomic mass is 10.0. The van der Waals surface area contributed by atoms with Crippen molar-refractivity contribution in [3.05, 3.63) is 71.0 Å². The molecule has 0 aliphatic rings. The Hall–Kier alpha value is -4.53. The molecule has 6 rings (SSSR count). The van der Waals surface area contributed by atoms with Crippen LogP contribution in [-0.2, 0) is 0 Å². The van der Waals surface area contributed by atoms with Crippen LogP contribution in [0.25, 0.3) is 55.5 Å². The van der Waals surface area contributed by atoms with Crippen molar-refractivity contribution in [3.8, 4) is 22.6 Å². The first-order valence-corrected chi connectivity index (χ1v) is 9.65. The maximum atomic E-state index is 12.5. The first-order chi connectivity index (χ1) is 15.1. The second-order valence-electron chi connectivity index (χ2n) is 7.39. The molecule has 0 saturated heterocycles. The molecule has 0 atom stereocenters. The van der Waals surface area contributed by atoms with Crippen LogP contribution in [0.3, 0.4) is 0 Å². The molecule has 6 aromatic rings. The Kier molecular flexibility index (Phi) is 3.49. The van der Waals surface area contributed by atoms with Crippen molar-refractivity contribution in [3.63, 3.8) is 0 Å². The fourth-order valence-corrected chi connectivity index (χ4v) is 3.99. The second kappa shape index (κ2) is 6.23. The molecular formula is C22H16N8O. The van der Waals surface area contributed by atoms with Crippen molar-refractivity contribution >= 4 is 32.8 Å². The number of benzene rings is 1. The number of rotatable bonds is 2. The van der Waals surface area contributed by atoms with E-state index in [1.807, 2.05) is 43.5 Å². The summed E-state index contributed by atoms with van der Waals surface area (Å²) < 4.78 is 1.46. The summed E-state index contributed by atoms with van der Waals surface area (Å²) in [5, 5.41) is 9.44. The quantitative estimate of drug-likeness (QED) is 0.378. The summed E-state index contributed by atoms with van der Waals surface area (Å²) in [5.41, 5.74) is 5.14. The Balaban J connectivity index is 1.63. The van der Waals surface area contributed by atoms with E-state index in [1.54, 1.807) is 18.6 Å². The number of fused-ring (bicyclic) bond motifs is 4. The first-order valence-electron chi connectivity index (χ1n) is 9.65. The molecule has 0 radical (unpaired) electrons. The number of nitrogens with one attached hydrogen (secondary N) is 2. The van der Waals surface area contributed by atoms with Gasteiger partial charge in [0, 0.05) is 35.9 Å². The smallest absolute Gasteiger partial charge is 0.258 e. The van der Waals surface area contributed by atoms with Crippen molar-refractivity contribution < 1.29 is 0 Å². The van der Waals surface area contributed by atoms with Crippen molar-refractivity contribution in [2.75, 3.05) is 5.84 Å². The third kappa shape index (κ3) is 2.46. The number of nitrogens with two attached hydrogens (primary N) is 1. The molecule has 1 aromatic carbocycles. The van der Waals surface area contributed by atoms with Gasteiger partial charge in [-0.1, -0.05) is 6.07 Å². The highest BCUT2D eigenvalue weighted by molar-refractivity contribution is 6.05. The summed E-state index contributed by atoms with van der Waals surface area (Å²) in [7, 11) is 0. The number of aryl methyl sites for hydroxylation is 1. The molecule has 0 fully saturated rings. The van der Waals surface area contributed by atoms with Gasteiger partial charge in [-0.3, -0.25) is 14.9 Å². The van der Waals surface area contributed by atoms with E-state index in [4.69, 9.17) is 10.8 Å². The average Bonchev–Trinajstić information content (AvgIpc) is 3.34. The molecule has 0 aliphatic carbocycles. The number of aromatic nitrogens is 7. The predicted molar refractivity (Wildman–Crippen MR) is 119 cm³/mol. The number of pyridine rings is 3. The predicted octanol–water partition coefficient (Wildman–Crippen LogP) is 2.90. The van der Waals surface area contributed by atoms with E-state index in [0.717, 1.165) is 27.5 Å². The number of hydrogen-bond acceptors (Lipinski definition) is 6. The zero-order valence-electron chi connectivity index (χ0n) is 16.4. The van der Waals surface area contributed by atoms with E-state index >= 15 is 0 Å². The minimum Gasteiger partial charge on any atom is -0.337 e. The van der Waals surface area contributed by atoms with Crippen LogP contribution in [0.15, 0.2) is 59.9 Å². The molecule has 9 heteroatoms. The van der Waals surface area contributed by atoms with Gasteiger partial charge in [-0.2, -0.15) is 5.10 Å². The van der Waals surface area contributed by atoms with Crippen molar-refractivity contribution in [1.29, 1.82) is 0 Å². The van der Waals surface area contributed by atoms with Gasteiger partial charge in [-0.15, -0.1) is 0 Å². The summed E-state index contributed by atoms with van der Waals surface area (Å²) in [6, 6.07) is 9.50. The molecule has 0 aliphatic heterocycles. The maximum Gasteiger partial charge on any atom is 0.258 e. The Labute approximate surface area is 174 Å². The Morgan fingerprint density at radius 1 is 1.13 bits per heavy atom. The van der Waals surface area contributed by atoms with Crippen LogP contribution in [0.1, 0.15) is 5.56 Å². The average molecular weight is 408 g/mol. The Morgan fingerprint density at radius 2 is 2.03 bits per heavy atom. The normalized spacial score (nSPS) is 11.6. The topological polar surface area (TPSA) is 131 Å². The molecule has 0 unspecified atom stereocenters. The van der Waals surface area contributed by atoms with Crippen LogP contribution >= 0.6 is 0 Å². The Bertz CT molecular complexity index is 1690. The number of H-pyrrole nitrogens is 2. The molecule has 5 aromatic heterocycles. The molecule has 0 bridgehead atoms. The second-order valence-corrected chi connectivity index (χ2v) is 7.39. The summed E-state index contributed by atoms with van der Waals surface area (Å²) >= 11 is 0. The van der Waals surface area contributed by atoms with Gasteiger partial charge >= 0.3 is 0 Å². The van der Waals surface area contributed by atoms with Gasteiger partial charge in [0.15, 0.2) is 11.5 Å². The lowest BCUT2D eigenvalue weighted by molar-refractivity contribution is 1.02. The van der Waals surface area contributed by atoms with Gasteiger partial charge in [0.05, 0.1) is 16.3 Å². The molecule has 4 N–H and O–H groups in total. The summed E-state index contributed by atoms with van der Waals surface area (Å²) in [4.78, 5) is 28.6. The molecule has 0 spiro atoms. The monoisotopic (exact) mass is 408 g/mol. The molecule has 5 heterocycles. The van der Waals surface area contributed by atoms with Crippen molar-refractivity contribution in [2.45, 2.75) is 6.92 Å². The van der Waals surface area contributed by atoms with E-state index in [0.29, 0.717) is 33.6 Å². The van der Waals surface area contributed by atoms with E-state index in [2.05, 4.69) is 25.1 Å². The standard InChI is InChI=1S/C22H16N8O/c1-11-4-6-24-10-15(11)13-8-14-18(28-29-20(14)26-9-13)21-27-19-16(30(21)23)3-2-12-5-7-25-22(31)17(12)19/h2-10H,23H2,1H3,(H,25,31)(H,26,28,29). The lowest BCUT2D eigenvalue weighted by Gasteiger charge is -2.05. The maximum absolute atomic E-state index is 12.5. The zero-order chi connectivity index (χ0) is 21.1. The third-order valence-corrected chi connectivity index (χ3v) is 5.58. The SMILES string of the molecule is Cc1ccncc1-c1cnc2[nH]nc(-c3nc4c5c(=O)[nH]ccc5ccc4n3N)c2c1. The molecule has 9 nitrogen and oxygen atoms in total. The van der Waals surface area contributed by atoms with Gasteiger partial charge < -0.3 is 10.8 Å². The van der Waals surface area contributed by atoms with Crippen LogP contribution in [0, 0.1) is 6.92 Å². The van der Waals surface area contributed by atoms with Crippen LogP contribution < -0.4 is 11.4 Å². The lowest BCUT2D eigenvalue weighted by Crippen LogP contribution is -2.10. The summed E-state index contributed by atoms with van der Waals surface area (Å²) in [5.74, 6) is 6.84. The third-order valence-electron chi connectivity index (χ3n) is 5.58. The number of nitrogen functional groups attached to an aromatic ring is 1. The fraction of sp³-hybridized carbons (Fsp3) is 0.0455. The van der Waals surface area contributed by atoms with E-state index in [9.17, 15) is 4.79 Å². The number of imidazole rings is 1. The fourth-order valence-electron chi connectivity index (χ4n) is 3.99. The first kappa shape index (κ1) is 17.3. The minimum absolute atomic E-state index is 0.212. The molecule has 0 saturated carbocycles. The highest BCUT2D eigenvalue weighted by atomic mass is 16.1. The largest absolute Gasteiger partial charge is 0.337 e. The molecule has 31 heavy (non-hydrogen) atoms.